The number of hydrogen-bond acceptors (Lipinski definition) is 6. The minimum absolute atomic E-state index is 0.389. The van der Waals surface area contributed by atoms with Gasteiger partial charge in [0.25, 0.3) is 0 Å². The van der Waals surface area contributed by atoms with E-state index >= 15 is 0 Å². The van der Waals surface area contributed by atoms with Crippen molar-refractivity contribution >= 4 is 35.3 Å². The third-order valence-electron chi connectivity index (χ3n) is 5.05. The van der Waals surface area contributed by atoms with Gasteiger partial charge in [-0.2, -0.15) is 4.39 Å². The van der Waals surface area contributed by atoms with Gasteiger partial charge in [-0.1, -0.05) is 30.3 Å². The van der Waals surface area contributed by atoms with Crippen LogP contribution in [0.15, 0.2) is 58.5 Å². The molecule has 0 bridgehead atoms. The molecule has 162 valence electrons. The van der Waals surface area contributed by atoms with Gasteiger partial charge in [-0.3, -0.25) is 15.1 Å². The first kappa shape index (κ1) is 21.3. The SMILES string of the molecule is C=NCc1ccc(-c2csc(C3=C(C)NC(=O)NC3c3ccc(F)c([N+](=O)[O-])c3)n2)cc1. The summed E-state index contributed by atoms with van der Waals surface area (Å²) in [5, 5.41) is 19.2. The smallest absolute Gasteiger partial charge is 0.319 e. The van der Waals surface area contributed by atoms with Crippen LogP contribution in [0.5, 0.6) is 0 Å². The van der Waals surface area contributed by atoms with E-state index in [1.807, 2.05) is 29.6 Å². The first-order chi connectivity index (χ1) is 15.4. The third kappa shape index (κ3) is 4.12. The highest BCUT2D eigenvalue weighted by molar-refractivity contribution is 7.11. The van der Waals surface area contributed by atoms with Gasteiger partial charge in [0.2, 0.25) is 5.82 Å². The van der Waals surface area contributed by atoms with Crippen LogP contribution in [0.4, 0.5) is 14.9 Å². The van der Waals surface area contributed by atoms with Crippen LogP contribution in [0.2, 0.25) is 0 Å². The number of carbonyl (C=O) groups is 1. The molecule has 2 N–H and O–H groups in total. The topological polar surface area (TPSA) is 110 Å². The highest BCUT2D eigenvalue weighted by Crippen LogP contribution is 2.38. The Labute approximate surface area is 186 Å². The fourth-order valence-electron chi connectivity index (χ4n) is 3.52. The molecule has 2 aromatic carbocycles. The first-order valence-corrected chi connectivity index (χ1v) is 10.4. The largest absolute Gasteiger partial charge is 0.327 e. The van der Waals surface area contributed by atoms with Crippen LogP contribution in [0.3, 0.4) is 0 Å². The van der Waals surface area contributed by atoms with Gasteiger partial charge in [-0.05, 0) is 30.8 Å². The molecule has 1 aromatic heterocycles. The van der Waals surface area contributed by atoms with E-state index in [-0.39, 0.29) is 0 Å². The number of allylic oxidation sites excluding steroid dienone is 1. The summed E-state index contributed by atoms with van der Waals surface area (Å²) in [6.07, 6.45) is 0. The Morgan fingerprint density at radius 1 is 1.28 bits per heavy atom. The second kappa shape index (κ2) is 8.67. The van der Waals surface area contributed by atoms with Gasteiger partial charge in [0.05, 0.1) is 23.2 Å². The third-order valence-corrected chi connectivity index (χ3v) is 5.92. The Morgan fingerprint density at radius 3 is 2.72 bits per heavy atom. The van der Waals surface area contributed by atoms with Crippen LogP contribution in [0, 0.1) is 15.9 Å². The van der Waals surface area contributed by atoms with Gasteiger partial charge in [0.15, 0.2) is 0 Å². The van der Waals surface area contributed by atoms with Crippen molar-refractivity contribution in [3.8, 4) is 11.3 Å². The van der Waals surface area contributed by atoms with Crippen molar-refractivity contribution in [2.75, 3.05) is 0 Å². The highest BCUT2D eigenvalue weighted by atomic mass is 32.1. The molecule has 2 amide bonds. The van der Waals surface area contributed by atoms with Crippen LogP contribution >= 0.6 is 11.3 Å². The number of carbonyl (C=O) groups excluding carboxylic acids is 1. The summed E-state index contributed by atoms with van der Waals surface area (Å²) >= 11 is 1.39. The Bertz CT molecular complexity index is 1250. The number of benzene rings is 2. The standard InChI is InChI=1S/C22H18FN5O3S/c1-12-19(21-26-17(11-32-21)14-5-3-13(4-6-14)10-24-2)20(27-22(29)25-12)15-7-8-16(23)18(9-15)28(30)31/h3-9,11,20H,2,10H2,1H3,(H2,25,27,29). The number of nitrogens with one attached hydrogen (secondary N) is 2. The second-order valence-corrected chi connectivity index (χ2v) is 8.01. The molecule has 4 rings (SSSR count). The van der Waals surface area contributed by atoms with Gasteiger partial charge < -0.3 is 10.6 Å². The minimum Gasteiger partial charge on any atom is -0.327 e. The number of hydrogen-bond donors (Lipinski definition) is 2. The number of halogens is 1. The molecule has 0 saturated heterocycles. The fourth-order valence-corrected chi connectivity index (χ4v) is 4.48. The average Bonchev–Trinajstić information content (AvgIpc) is 3.24. The van der Waals surface area contributed by atoms with Crippen LogP contribution in [-0.4, -0.2) is 22.7 Å². The van der Waals surface area contributed by atoms with E-state index < -0.39 is 28.5 Å². The molecule has 1 aliphatic heterocycles. The van der Waals surface area contributed by atoms with Gasteiger partial charge in [-0.15, -0.1) is 11.3 Å². The molecular formula is C22H18FN5O3S. The molecular weight excluding hydrogens is 433 g/mol. The van der Waals surface area contributed by atoms with E-state index in [0.29, 0.717) is 28.4 Å². The number of aliphatic imine (C=N–C) groups is 1. The quantitative estimate of drug-likeness (QED) is 0.317. The van der Waals surface area contributed by atoms with Gasteiger partial charge >= 0.3 is 11.7 Å². The molecule has 0 radical (unpaired) electrons. The van der Waals surface area contributed by atoms with E-state index in [1.165, 1.54) is 17.4 Å². The molecule has 0 saturated carbocycles. The van der Waals surface area contributed by atoms with E-state index in [1.54, 1.807) is 6.92 Å². The molecule has 0 spiro atoms. The van der Waals surface area contributed by atoms with Crippen molar-refractivity contribution in [2.24, 2.45) is 4.99 Å². The number of urea groups is 1. The zero-order chi connectivity index (χ0) is 22.8. The fraction of sp³-hybridized carbons (Fsp3) is 0.136. The average molecular weight is 451 g/mol. The van der Waals surface area contributed by atoms with Crippen LogP contribution in [0.25, 0.3) is 16.8 Å². The second-order valence-electron chi connectivity index (χ2n) is 7.15. The summed E-state index contributed by atoms with van der Waals surface area (Å²) < 4.78 is 13.9. The van der Waals surface area contributed by atoms with Crippen LogP contribution < -0.4 is 10.6 Å². The lowest BCUT2D eigenvalue weighted by molar-refractivity contribution is -0.387. The van der Waals surface area contributed by atoms with E-state index in [9.17, 15) is 19.3 Å². The lowest BCUT2D eigenvalue weighted by Gasteiger charge is -2.28. The van der Waals surface area contributed by atoms with Crippen molar-refractivity contribution in [3.05, 3.63) is 85.6 Å². The molecule has 0 aliphatic carbocycles. The summed E-state index contributed by atoms with van der Waals surface area (Å²) in [5.74, 6) is -0.937. The van der Waals surface area contributed by atoms with Crippen molar-refractivity contribution in [3.63, 3.8) is 0 Å². The number of thiazole rings is 1. The summed E-state index contributed by atoms with van der Waals surface area (Å²) in [6.45, 7) is 5.76. The summed E-state index contributed by atoms with van der Waals surface area (Å²) in [5.41, 5.74) is 3.68. The number of nitro groups is 1. The summed E-state index contributed by atoms with van der Waals surface area (Å²) in [7, 11) is 0. The maximum Gasteiger partial charge on any atom is 0.319 e. The zero-order valence-corrected chi connectivity index (χ0v) is 17.8. The predicted octanol–water partition coefficient (Wildman–Crippen LogP) is 4.84. The van der Waals surface area contributed by atoms with Crippen molar-refractivity contribution < 1.29 is 14.1 Å². The molecule has 1 aliphatic rings. The molecule has 2 heterocycles. The van der Waals surface area contributed by atoms with E-state index in [2.05, 4.69) is 22.3 Å². The minimum atomic E-state index is -0.937. The van der Waals surface area contributed by atoms with Crippen LogP contribution in [-0.2, 0) is 6.54 Å². The van der Waals surface area contributed by atoms with E-state index in [0.717, 1.165) is 29.0 Å². The number of nitrogens with zero attached hydrogens (tertiary/aromatic N) is 3. The van der Waals surface area contributed by atoms with Gasteiger partial charge in [0, 0.05) is 28.3 Å². The van der Waals surface area contributed by atoms with Gasteiger partial charge in [-0.25, -0.2) is 9.78 Å². The number of nitro benzene ring substituents is 1. The Hall–Kier alpha value is -3.92. The molecule has 1 atom stereocenters. The molecule has 32 heavy (non-hydrogen) atoms. The Kier molecular flexibility index (Phi) is 5.78. The molecule has 3 aromatic rings. The molecule has 1 unspecified atom stereocenters. The zero-order valence-electron chi connectivity index (χ0n) is 17.0. The van der Waals surface area contributed by atoms with Crippen LogP contribution in [0.1, 0.15) is 29.1 Å². The molecule has 0 fully saturated rings. The van der Waals surface area contributed by atoms with Crippen molar-refractivity contribution in [1.29, 1.82) is 0 Å². The molecule has 10 heteroatoms. The first-order valence-electron chi connectivity index (χ1n) is 9.57. The maximum absolute atomic E-state index is 13.9. The number of amides is 2. The van der Waals surface area contributed by atoms with Crippen molar-refractivity contribution in [1.82, 2.24) is 15.6 Å². The summed E-state index contributed by atoms with van der Waals surface area (Å²) in [6, 6.07) is 10.2. The Morgan fingerprint density at radius 2 is 2.03 bits per heavy atom. The predicted molar refractivity (Wildman–Crippen MR) is 121 cm³/mol. The monoisotopic (exact) mass is 451 g/mol. The van der Waals surface area contributed by atoms with Crippen molar-refractivity contribution in [2.45, 2.75) is 19.5 Å². The maximum atomic E-state index is 13.9. The van der Waals surface area contributed by atoms with E-state index in [4.69, 9.17) is 4.98 Å². The number of rotatable bonds is 6. The number of aromatic nitrogens is 1. The lowest BCUT2D eigenvalue weighted by Crippen LogP contribution is -2.42. The highest BCUT2D eigenvalue weighted by Gasteiger charge is 2.31. The molecule has 8 nitrogen and oxygen atoms in total. The lowest BCUT2D eigenvalue weighted by atomic mass is 9.95. The normalized spacial score (nSPS) is 15.8. The van der Waals surface area contributed by atoms with Gasteiger partial charge in [0.1, 0.15) is 5.01 Å². The summed E-state index contributed by atoms with van der Waals surface area (Å²) in [4.78, 5) is 31.2. The Balaban J connectivity index is 1.73.